The predicted molar refractivity (Wildman–Crippen MR) is 74.7 cm³/mol. The molecule has 3 heteroatoms. The van der Waals surface area contributed by atoms with Gasteiger partial charge in [0.1, 0.15) is 0 Å². The molecule has 0 spiro atoms. The summed E-state index contributed by atoms with van der Waals surface area (Å²) in [5.41, 5.74) is 7.25. The number of nitrogens with two attached hydrogens (primary N) is 1. The van der Waals surface area contributed by atoms with E-state index in [0.717, 1.165) is 22.9 Å². The zero-order chi connectivity index (χ0) is 12.3. The molecular weight excluding hydrogens is 253 g/mol. The second-order valence-electron chi connectivity index (χ2n) is 5.09. The lowest BCUT2D eigenvalue weighted by molar-refractivity contribution is 0.431. The fourth-order valence-corrected chi connectivity index (χ4v) is 3.09. The second-order valence-corrected chi connectivity index (χ2v) is 5.93. The molecule has 0 aliphatic heterocycles. The van der Waals surface area contributed by atoms with Gasteiger partial charge < -0.3 is 5.73 Å². The van der Waals surface area contributed by atoms with Gasteiger partial charge in [0.15, 0.2) is 0 Å². The van der Waals surface area contributed by atoms with Gasteiger partial charge in [0.05, 0.1) is 0 Å². The van der Waals surface area contributed by atoms with Crippen LogP contribution in [0.4, 0.5) is 0 Å². The smallest absolute Gasteiger partial charge is 0.0439 e. The molecule has 0 heterocycles. The monoisotopic (exact) mass is 271 g/mol. The average Bonchev–Trinajstić information content (AvgIpc) is 2.48. The highest BCUT2D eigenvalue weighted by atomic mass is 35.5. The highest BCUT2D eigenvalue weighted by molar-refractivity contribution is 6.33. The lowest BCUT2D eigenvalue weighted by atomic mass is 9.91. The van der Waals surface area contributed by atoms with Crippen molar-refractivity contribution in [3.63, 3.8) is 0 Å². The summed E-state index contributed by atoms with van der Waals surface area (Å²) in [4.78, 5) is 0. The van der Waals surface area contributed by atoms with Crippen LogP contribution in [0.3, 0.4) is 0 Å². The Labute approximate surface area is 113 Å². The average molecular weight is 272 g/mol. The van der Waals surface area contributed by atoms with Crippen LogP contribution in [0.2, 0.25) is 10.0 Å². The van der Waals surface area contributed by atoms with Crippen LogP contribution in [-0.4, -0.2) is 6.04 Å². The van der Waals surface area contributed by atoms with Crippen LogP contribution < -0.4 is 5.73 Å². The topological polar surface area (TPSA) is 26.0 Å². The third-order valence-corrected chi connectivity index (χ3v) is 4.19. The molecule has 1 aliphatic carbocycles. The van der Waals surface area contributed by atoms with Gasteiger partial charge in [-0.25, -0.2) is 0 Å². The lowest BCUT2D eigenvalue weighted by Crippen LogP contribution is -2.22. The van der Waals surface area contributed by atoms with Crippen molar-refractivity contribution >= 4 is 23.2 Å². The summed E-state index contributed by atoms with van der Waals surface area (Å²) in [5.74, 6) is 0.656. The fourth-order valence-electron chi connectivity index (χ4n) is 2.70. The molecule has 94 valence electrons. The highest BCUT2D eigenvalue weighted by Crippen LogP contribution is 2.29. The predicted octanol–water partition coefficient (Wildman–Crippen LogP) is 4.44. The summed E-state index contributed by atoms with van der Waals surface area (Å²) in [5, 5.41) is 1.59. The highest BCUT2D eigenvalue weighted by Gasteiger charge is 2.18. The molecule has 1 nitrogen and oxygen atoms in total. The minimum Gasteiger partial charge on any atom is -0.328 e. The van der Waals surface area contributed by atoms with E-state index in [1.807, 2.05) is 18.2 Å². The Kier molecular flexibility index (Phi) is 4.72. The Bertz CT molecular complexity index is 378. The van der Waals surface area contributed by atoms with Crippen molar-refractivity contribution < 1.29 is 0 Å². The molecule has 1 saturated carbocycles. The van der Waals surface area contributed by atoms with Gasteiger partial charge in [0.25, 0.3) is 0 Å². The van der Waals surface area contributed by atoms with Gasteiger partial charge >= 0.3 is 0 Å². The molecule has 0 amide bonds. The molecular formula is C14H19Cl2N. The minimum absolute atomic E-state index is 0.362. The molecule has 2 N–H and O–H groups in total. The zero-order valence-electron chi connectivity index (χ0n) is 9.96. The van der Waals surface area contributed by atoms with E-state index in [2.05, 4.69) is 0 Å². The first kappa shape index (κ1) is 13.2. The van der Waals surface area contributed by atoms with Gasteiger partial charge in [-0.05, 0) is 48.9 Å². The molecule has 2 unspecified atom stereocenters. The van der Waals surface area contributed by atoms with Crippen LogP contribution in [0.1, 0.15) is 37.7 Å². The van der Waals surface area contributed by atoms with Crippen LogP contribution in [0, 0.1) is 5.92 Å². The number of hydrogen-bond acceptors (Lipinski definition) is 1. The molecule has 1 aromatic carbocycles. The van der Waals surface area contributed by atoms with E-state index in [4.69, 9.17) is 28.9 Å². The van der Waals surface area contributed by atoms with Crippen molar-refractivity contribution in [3.8, 4) is 0 Å². The van der Waals surface area contributed by atoms with E-state index >= 15 is 0 Å². The van der Waals surface area contributed by atoms with Gasteiger partial charge in [0.2, 0.25) is 0 Å². The van der Waals surface area contributed by atoms with Gasteiger partial charge in [-0.3, -0.25) is 0 Å². The van der Waals surface area contributed by atoms with Crippen molar-refractivity contribution in [2.24, 2.45) is 11.7 Å². The van der Waals surface area contributed by atoms with Crippen LogP contribution in [-0.2, 0) is 6.42 Å². The molecule has 0 aromatic heterocycles. The molecule has 0 radical (unpaired) electrons. The third-order valence-electron chi connectivity index (χ3n) is 3.59. The Morgan fingerprint density at radius 3 is 2.76 bits per heavy atom. The van der Waals surface area contributed by atoms with Gasteiger partial charge in [0, 0.05) is 16.1 Å². The maximum Gasteiger partial charge on any atom is 0.0439 e. The standard InChI is InChI=1S/C14H19Cl2N/c15-12-5-6-14(16)11(9-12)7-10-3-1-2-4-13(17)8-10/h5-6,9-10,13H,1-4,7-8,17H2. The summed E-state index contributed by atoms with van der Waals surface area (Å²) >= 11 is 12.2. The van der Waals surface area contributed by atoms with Crippen LogP contribution in [0.15, 0.2) is 18.2 Å². The summed E-state index contributed by atoms with van der Waals surface area (Å²) in [7, 11) is 0. The van der Waals surface area contributed by atoms with Crippen LogP contribution >= 0.6 is 23.2 Å². The van der Waals surface area contributed by atoms with Gasteiger partial charge in [-0.1, -0.05) is 42.5 Å². The van der Waals surface area contributed by atoms with Crippen molar-refractivity contribution in [2.75, 3.05) is 0 Å². The molecule has 0 saturated heterocycles. The third kappa shape index (κ3) is 3.87. The molecule has 1 aromatic rings. The number of benzene rings is 1. The van der Waals surface area contributed by atoms with Gasteiger partial charge in [-0.2, -0.15) is 0 Å². The Morgan fingerprint density at radius 1 is 1.18 bits per heavy atom. The maximum absolute atomic E-state index is 6.20. The van der Waals surface area contributed by atoms with Crippen LogP contribution in [0.5, 0.6) is 0 Å². The SMILES string of the molecule is NC1CCCCC(Cc2cc(Cl)ccc2Cl)C1. The Hall–Kier alpha value is -0.240. The van der Waals surface area contributed by atoms with E-state index in [-0.39, 0.29) is 0 Å². The molecule has 0 bridgehead atoms. The van der Waals surface area contributed by atoms with Crippen molar-refractivity contribution in [1.82, 2.24) is 0 Å². The number of hydrogen-bond donors (Lipinski definition) is 1. The van der Waals surface area contributed by atoms with E-state index < -0.39 is 0 Å². The molecule has 2 atom stereocenters. The van der Waals surface area contributed by atoms with Crippen LogP contribution in [0.25, 0.3) is 0 Å². The van der Waals surface area contributed by atoms with E-state index in [1.165, 1.54) is 31.2 Å². The van der Waals surface area contributed by atoms with Gasteiger partial charge in [-0.15, -0.1) is 0 Å². The molecule has 2 rings (SSSR count). The zero-order valence-corrected chi connectivity index (χ0v) is 11.5. The number of halogens is 2. The summed E-state index contributed by atoms with van der Waals surface area (Å²) in [6.45, 7) is 0. The minimum atomic E-state index is 0.362. The first-order valence-electron chi connectivity index (χ1n) is 6.34. The fraction of sp³-hybridized carbons (Fsp3) is 0.571. The summed E-state index contributed by atoms with van der Waals surface area (Å²) in [6.07, 6.45) is 7.10. The maximum atomic E-state index is 6.20. The largest absolute Gasteiger partial charge is 0.328 e. The Morgan fingerprint density at radius 2 is 1.94 bits per heavy atom. The second kappa shape index (κ2) is 6.08. The first-order chi connectivity index (χ1) is 8.15. The molecule has 1 fully saturated rings. The summed E-state index contributed by atoms with van der Waals surface area (Å²) < 4.78 is 0. The lowest BCUT2D eigenvalue weighted by Gasteiger charge is -2.17. The van der Waals surface area contributed by atoms with E-state index in [0.29, 0.717) is 12.0 Å². The molecule has 17 heavy (non-hydrogen) atoms. The van der Waals surface area contributed by atoms with Crippen molar-refractivity contribution in [1.29, 1.82) is 0 Å². The normalized spacial score (nSPS) is 25.6. The number of rotatable bonds is 2. The van der Waals surface area contributed by atoms with E-state index in [9.17, 15) is 0 Å². The van der Waals surface area contributed by atoms with E-state index in [1.54, 1.807) is 0 Å². The Balaban J connectivity index is 2.06. The quantitative estimate of drug-likeness (QED) is 0.791. The first-order valence-corrected chi connectivity index (χ1v) is 7.10. The van der Waals surface area contributed by atoms with Crippen molar-refractivity contribution in [2.45, 2.75) is 44.6 Å². The summed E-state index contributed by atoms with van der Waals surface area (Å²) in [6, 6.07) is 6.07. The van der Waals surface area contributed by atoms with Crippen molar-refractivity contribution in [3.05, 3.63) is 33.8 Å². The molecule has 1 aliphatic rings.